The second-order valence-corrected chi connectivity index (χ2v) is 6.67. The molecule has 2 heterocycles. The fourth-order valence-corrected chi connectivity index (χ4v) is 3.53. The molecule has 2 fully saturated rings. The van der Waals surface area contributed by atoms with Gasteiger partial charge < -0.3 is 14.2 Å². The van der Waals surface area contributed by atoms with Crippen LogP contribution in [0.4, 0.5) is 0 Å². The number of ether oxygens (including phenoxy) is 3. The average molecular weight is 306 g/mol. The van der Waals surface area contributed by atoms with Gasteiger partial charge in [0.1, 0.15) is 18.3 Å². The topological polar surface area (TPSA) is 65.1 Å². The lowest BCUT2D eigenvalue weighted by Gasteiger charge is -2.25. The van der Waals surface area contributed by atoms with Crippen molar-refractivity contribution < 1.29 is 23.8 Å². The molecule has 0 saturated carbocycles. The standard InChI is InChI=1S/C17H22O5/c1-9-6-5-7-17(4)15(22-17)14-12(10(2)16(19)21-14)8-13(9)20-11(3)18/h6,12-15H,2,5,7-8H2,1,3-4H3/b9-6+/t12-,13+,14-,15+,17+/m0/s1. The molecule has 1 aliphatic carbocycles. The van der Waals surface area contributed by atoms with E-state index in [2.05, 4.69) is 19.6 Å². The summed E-state index contributed by atoms with van der Waals surface area (Å²) in [5.74, 6) is -0.866. The highest BCUT2D eigenvalue weighted by Crippen LogP contribution is 2.50. The number of hydrogen-bond donors (Lipinski definition) is 0. The van der Waals surface area contributed by atoms with Gasteiger partial charge in [0.2, 0.25) is 0 Å². The average Bonchev–Trinajstić information content (AvgIpc) is 3.02. The molecule has 3 rings (SSSR count). The number of hydrogen-bond acceptors (Lipinski definition) is 5. The van der Waals surface area contributed by atoms with E-state index >= 15 is 0 Å². The largest absolute Gasteiger partial charge is 0.458 e. The minimum Gasteiger partial charge on any atom is -0.458 e. The SMILES string of the molecule is C=C1C(=O)O[C@@H]2[C@H]3O[C@]3(C)CC/C=C(\C)[C@H](OC(C)=O)C[C@@H]12. The summed E-state index contributed by atoms with van der Waals surface area (Å²) in [5, 5.41) is 0. The third kappa shape index (κ3) is 2.58. The van der Waals surface area contributed by atoms with Gasteiger partial charge in [-0.3, -0.25) is 4.79 Å². The predicted molar refractivity (Wildman–Crippen MR) is 79.0 cm³/mol. The van der Waals surface area contributed by atoms with Crippen LogP contribution in [0.1, 0.15) is 40.0 Å². The number of allylic oxidation sites excluding steroid dienone is 1. The monoisotopic (exact) mass is 306 g/mol. The highest BCUT2D eigenvalue weighted by Gasteiger charge is 2.61. The molecule has 0 aromatic heterocycles. The van der Waals surface area contributed by atoms with E-state index < -0.39 is 0 Å². The third-order valence-corrected chi connectivity index (χ3v) is 4.98. The van der Waals surface area contributed by atoms with Gasteiger partial charge in [-0.2, -0.15) is 0 Å². The molecule has 3 aliphatic rings. The van der Waals surface area contributed by atoms with E-state index in [-0.39, 0.29) is 41.8 Å². The number of carbonyl (C=O) groups is 2. The Balaban J connectivity index is 1.91. The van der Waals surface area contributed by atoms with Crippen molar-refractivity contribution in [3.05, 3.63) is 23.8 Å². The molecule has 120 valence electrons. The van der Waals surface area contributed by atoms with Crippen LogP contribution in [0.2, 0.25) is 0 Å². The number of epoxide rings is 1. The molecular weight excluding hydrogens is 284 g/mol. The van der Waals surface area contributed by atoms with E-state index in [1.807, 2.05) is 6.92 Å². The highest BCUT2D eigenvalue weighted by atomic mass is 16.6. The van der Waals surface area contributed by atoms with Crippen LogP contribution >= 0.6 is 0 Å². The van der Waals surface area contributed by atoms with Gasteiger partial charge in [0.25, 0.3) is 0 Å². The Kier molecular flexibility index (Phi) is 3.63. The molecule has 0 radical (unpaired) electrons. The Hall–Kier alpha value is -1.62. The summed E-state index contributed by atoms with van der Waals surface area (Å²) in [6.07, 6.45) is 3.54. The second kappa shape index (κ2) is 5.23. The van der Waals surface area contributed by atoms with Crippen molar-refractivity contribution in [3.63, 3.8) is 0 Å². The first-order valence-corrected chi connectivity index (χ1v) is 7.73. The molecule has 22 heavy (non-hydrogen) atoms. The van der Waals surface area contributed by atoms with Crippen LogP contribution in [0.5, 0.6) is 0 Å². The fourth-order valence-electron chi connectivity index (χ4n) is 3.53. The molecule has 2 aliphatic heterocycles. The van der Waals surface area contributed by atoms with Crippen LogP contribution in [0.3, 0.4) is 0 Å². The first-order chi connectivity index (χ1) is 10.3. The summed E-state index contributed by atoms with van der Waals surface area (Å²) in [4.78, 5) is 23.3. The van der Waals surface area contributed by atoms with Crippen molar-refractivity contribution in [3.8, 4) is 0 Å². The maximum absolute atomic E-state index is 11.9. The summed E-state index contributed by atoms with van der Waals surface area (Å²) in [7, 11) is 0. The van der Waals surface area contributed by atoms with Gasteiger partial charge in [-0.1, -0.05) is 12.7 Å². The van der Waals surface area contributed by atoms with Crippen molar-refractivity contribution in [2.45, 2.75) is 63.9 Å². The normalized spacial score (nSPS) is 43.3. The fraction of sp³-hybridized carbons (Fsp3) is 0.647. The lowest BCUT2D eigenvalue weighted by molar-refractivity contribution is -0.146. The Bertz CT molecular complexity index is 563. The smallest absolute Gasteiger partial charge is 0.334 e. The quantitative estimate of drug-likeness (QED) is 0.322. The molecule has 0 unspecified atom stereocenters. The molecule has 0 amide bonds. The number of carbonyl (C=O) groups excluding carboxylic acids is 2. The molecule has 0 aromatic carbocycles. The van der Waals surface area contributed by atoms with Crippen molar-refractivity contribution in [1.29, 1.82) is 0 Å². The van der Waals surface area contributed by atoms with Crippen molar-refractivity contribution in [2.75, 3.05) is 0 Å². The van der Waals surface area contributed by atoms with Crippen LogP contribution in [0, 0.1) is 5.92 Å². The molecule has 5 heteroatoms. The summed E-state index contributed by atoms with van der Waals surface area (Å²) >= 11 is 0. The van der Waals surface area contributed by atoms with Crippen molar-refractivity contribution in [1.82, 2.24) is 0 Å². The zero-order valence-corrected chi connectivity index (χ0v) is 13.3. The summed E-state index contributed by atoms with van der Waals surface area (Å²) in [6, 6.07) is 0. The van der Waals surface area contributed by atoms with Crippen molar-refractivity contribution >= 4 is 11.9 Å². The van der Waals surface area contributed by atoms with Gasteiger partial charge in [0.15, 0.2) is 0 Å². The van der Waals surface area contributed by atoms with E-state index in [0.29, 0.717) is 12.0 Å². The van der Waals surface area contributed by atoms with Crippen molar-refractivity contribution in [2.24, 2.45) is 5.92 Å². The van der Waals surface area contributed by atoms with Gasteiger partial charge in [-0.15, -0.1) is 0 Å². The van der Waals surface area contributed by atoms with Crippen LogP contribution in [-0.2, 0) is 23.8 Å². The summed E-state index contributed by atoms with van der Waals surface area (Å²) < 4.78 is 16.8. The van der Waals surface area contributed by atoms with Gasteiger partial charge in [-0.05, 0) is 38.7 Å². The Morgan fingerprint density at radius 2 is 2.23 bits per heavy atom. The lowest BCUT2D eigenvalue weighted by atomic mass is 9.83. The highest BCUT2D eigenvalue weighted by molar-refractivity contribution is 5.91. The maximum Gasteiger partial charge on any atom is 0.334 e. The number of rotatable bonds is 1. The molecule has 2 saturated heterocycles. The number of esters is 2. The van der Waals surface area contributed by atoms with E-state index in [0.717, 1.165) is 18.4 Å². The molecule has 0 N–H and O–H groups in total. The van der Waals surface area contributed by atoms with E-state index in [4.69, 9.17) is 14.2 Å². The number of fused-ring (bicyclic) bond motifs is 3. The van der Waals surface area contributed by atoms with Crippen LogP contribution in [0.25, 0.3) is 0 Å². The minimum atomic E-state index is -0.365. The first-order valence-electron chi connectivity index (χ1n) is 7.73. The Labute approximate surface area is 130 Å². The Morgan fingerprint density at radius 1 is 1.50 bits per heavy atom. The van der Waals surface area contributed by atoms with E-state index in [1.165, 1.54) is 6.92 Å². The molecule has 5 nitrogen and oxygen atoms in total. The van der Waals surface area contributed by atoms with Gasteiger partial charge in [0.05, 0.1) is 5.60 Å². The van der Waals surface area contributed by atoms with E-state index in [9.17, 15) is 9.59 Å². The summed E-state index contributed by atoms with van der Waals surface area (Å²) in [5.41, 5.74) is 1.22. The third-order valence-electron chi connectivity index (χ3n) is 4.98. The molecule has 0 bridgehead atoms. The summed E-state index contributed by atoms with van der Waals surface area (Å²) in [6.45, 7) is 9.28. The zero-order valence-electron chi connectivity index (χ0n) is 13.3. The predicted octanol–water partition coefficient (Wildman–Crippen LogP) is 2.30. The van der Waals surface area contributed by atoms with Crippen LogP contribution in [-0.4, -0.2) is 35.9 Å². The van der Waals surface area contributed by atoms with Gasteiger partial charge in [0, 0.05) is 18.4 Å². The van der Waals surface area contributed by atoms with Gasteiger partial charge in [-0.25, -0.2) is 4.79 Å². The van der Waals surface area contributed by atoms with Crippen LogP contribution in [0.15, 0.2) is 23.8 Å². The van der Waals surface area contributed by atoms with Gasteiger partial charge >= 0.3 is 11.9 Å². The molecular formula is C17H22O5. The molecule has 0 aromatic rings. The lowest BCUT2D eigenvalue weighted by Crippen LogP contribution is -2.32. The Morgan fingerprint density at radius 3 is 2.91 bits per heavy atom. The first kappa shape index (κ1) is 15.3. The van der Waals surface area contributed by atoms with Crippen LogP contribution < -0.4 is 0 Å². The zero-order chi connectivity index (χ0) is 16.1. The molecule has 5 atom stereocenters. The van der Waals surface area contributed by atoms with E-state index in [1.54, 1.807) is 0 Å². The maximum atomic E-state index is 11.9. The molecule has 0 spiro atoms. The second-order valence-electron chi connectivity index (χ2n) is 6.67. The minimum absolute atomic E-state index is 0.0921.